The molecule has 0 unspecified atom stereocenters. The number of benzene rings is 2. The first kappa shape index (κ1) is 23.4. The zero-order valence-electron chi connectivity index (χ0n) is 16.6. The van der Waals surface area contributed by atoms with Crippen LogP contribution in [0.15, 0.2) is 47.4 Å². The molecule has 2 aromatic carbocycles. The summed E-state index contributed by atoms with van der Waals surface area (Å²) in [5.74, 6) is -1.42. The highest BCUT2D eigenvalue weighted by molar-refractivity contribution is 7.89. The van der Waals surface area contributed by atoms with Gasteiger partial charge < -0.3 is 15.4 Å². The third-order valence-corrected chi connectivity index (χ3v) is 7.00. The fourth-order valence-corrected chi connectivity index (χ4v) is 4.61. The number of halogens is 1. The van der Waals surface area contributed by atoms with E-state index < -0.39 is 39.1 Å². The van der Waals surface area contributed by atoms with E-state index in [0.717, 1.165) is 6.07 Å². The second-order valence-corrected chi connectivity index (χ2v) is 9.22. The molecule has 3 rings (SSSR count). The van der Waals surface area contributed by atoms with Gasteiger partial charge in [0.25, 0.3) is 11.6 Å². The minimum absolute atomic E-state index is 0.0782. The lowest BCUT2D eigenvalue weighted by Gasteiger charge is -2.33. The van der Waals surface area contributed by atoms with Crippen molar-refractivity contribution in [1.82, 2.24) is 9.21 Å². The van der Waals surface area contributed by atoms with Crippen LogP contribution < -0.4 is 5.73 Å². The number of carbonyl (C=O) groups excluding carboxylic acids is 2. The van der Waals surface area contributed by atoms with E-state index in [0.29, 0.717) is 5.02 Å². The molecule has 2 aromatic rings. The fourth-order valence-electron chi connectivity index (χ4n) is 3.06. The Morgan fingerprint density at radius 1 is 1.09 bits per heavy atom. The molecule has 0 aliphatic carbocycles. The lowest BCUT2D eigenvalue weighted by molar-refractivity contribution is -0.383. The van der Waals surface area contributed by atoms with Crippen molar-refractivity contribution in [1.29, 1.82) is 0 Å². The molecular weight excluding hydrogens is 464 g/mol. The number of anilines is 1. The monoisotopic (exact) mass is 482 g/mol. The molecule has 13 heteroatoms. The first-order chi connectivity index (χ1) is 15.1. The first-order valence-corrected chi connectivity index (χ1v) is 11.2. The summed E-state index contributed by atoms with van der Waals surface area (Å²) < 4.78 is 31.6. The predicted octanol–water partition coefficient (Wildman–Crippen LogP) is 1.52. The van der Waals surface area contributed by atoms with E-state index in [9.17, 15) is 28.1 Å². The molecule has 0 saturated carbocycles. The van der Waals surface area contributed by atoms with Crippen molar-refractivity contribution in [2.75, 3.05) is 38.5 Å². The van der Waals surface area contributed by atoms with Gasteiger partial charge in [0.2, 0.25) is 10.0 Å². The summed E-state index contributed by atoms with van der Waals surface area (Å²) >= 11 is 5.80. The molecule has 32 heavy (non-hydrogen) atoms. The van der Waals surface area contributed by atoms with Crippen LogP contribution in [0.4, 0.5) is 11.4 Å². The zero-order valence-corrected chi connectivity index (χ0v) is 18.2. The summed E-state index contributed by atoms with van der Waals surface area (Å²) in [5, 5.41) is 11.4. The number of sulfonamides is 1. The topological polar surface area (TPSA) is 153 Å². The van der Waals surface area contributed by atoms with Gasteiger partial charge in [0.15, 0.2) is 6.61 Å². The van der Waals surface area contributed by atoms with Crippen molar-refractivity contribution in [3.8, 4) is 0 Å². The average molecular weight is 483 g/mol. The normalized spacial score (nSPS) is 14.7. The Labute approximate surface area is 188 Å². The van der Waals surface area contributed by atoms with E-state index in [1.54, 1.807) is 0 Å². The van der Waals surface area contributed by atoms with Crippen LogP contribution in [0.3, 0.4) is 0 Å². The summed E-state index contributed by atoms with van der Waals surface area (Å²) in [7, 11) is -3.72. The molecule has 0 aromatic heterocycles. The Morgan fingerprint density at radius 2 is 1.72 bits per heavy atom. The van der Waals surface area contributed by atoms with Gasteiger partial charge in [-0.2, -0.15) is 4.31 Å². The van der Waals surface area contributed by atoms with Crippen molar-refractivity contribution < 1.29 is 27.7 Å². The lowest BCUT2D eigenvalue weighted by Crippen LogP contribution is -2.51. The van der Waals surface area contributed by atoms with Gasteiger partial charge in [-0.15, -0.1) is 0 Å². The van der Waals surface area contributed by atoms with Crippen LogP contribution in [0.2, 0.25) is 5.02 Å². The Bertz CT molecular complexity index is 1150. The number of carbonyl (C=O) groups is 2. The van der Waals surface area contributed by atoms with E-state index in [4.69, 9.17) is 22.1 Å². The number of nitrogens with zero attached hydrogens (tertiary/aromatic N) is 3. The van der Waals surface area contributed by atoms with Crippen LogP contribution in [-0.4, -0.2) is 67.2 Å². The third kappa shape index (κ3) is 5.15. The molecule has 0 radical (unpaired) electrons. The maximum atomic E-state index is 12.7. The molecule has 11 nitrogen and oxygen atoms in total. The predicted molar refractivity (Wildman–Crippen MR) is 115 cm³/mol. The van der Waals surface area contributed by atoms with Gasteiger partial charge in [-0.05, 0) is 36.4 Å². The molecule has 1 fully saturated rings. The van der Waals surface area contributed by atoms with Gasteiger partial charge in [-0.1, -0.05) is 11.6 Å². The van der Waals surface area contributed by atoms with Gasteiger partial charge in [-0.3, -0.25) is 14.9 Å². The quantitative estimate of drug-likeness (QED) is 0.281. The number of amides is 1. The van der Waals surface area contributed by atoms with Crippen LogP contribution >= 0.6 is 11.6 Å². The van der Waals surface area contributed by atoms with Crippen LogP contribution in [0.25, 0.3) is 0 Å². The van der Waals surface area contributed by atoms with Crippen molar-refractivity contribution in [2.45, 2.75) is 4.90 Å². The molecule has 1 amide bonds. The highest BCUT2D eigenvalue weighted by Gasteiger charge is 2.30. The van der Waals surface area contributed by atoms with Crippen LogP contribution in [0, 0.1) is 10.1 Å². The van der Waals surface area contributed by atoms with Gasteiger partial charge >= 0.3 is 5.97 Å². The number of nitrogens with two attached hydrogens (primary N) is 1. The van der Waals surface area contributed by atoms with Crippen LogP contribution in [0.5, 0.6) is 0 Å². The zero-order chi connectivity index (χ0) is 23.5. The minimum Gasteiger partial charge on any atom is -0.452 e. The summed E-state index contributed by atoms with van der Waals surface area (Å²) in [6, 6.07) is 9.23. The Balaban J connectivity index is 1.55. The van der Waals surface area contributed by atoms with E-state index in [1.807, 2.05) is 0 Å². The standard InChI is InChI=1S/C19H19ClN4O7S/c20-14-2-4-15(5-3-14)32(29,30)23-9-7-22(8-10-23)18(25)12-31-19(26)13-1-6-16(21)17(11-13)24(27)28/h1-6,11H,7-10,12,21H2. The molecule has 0 atom stereocenters. The van der Waals surface area contributed by atoms with E-state index in [-0.39, 0.29) is 42.3 Å². The summed E-state index contributed by atoms with van der Waals surface area (Å²) in [6.45, 7) is -0.183. The Kier molecular flexibility index (Phi) is 6.96. The van der Waals surface area contributed by atoms with Gasteiger partial charge in [0, 0.05) is 37.3 Å². The highest BCUT2D eigenvalue weighted by atomic mass is 35.5. The van der Waals surface area contributed by atoms with Crippen molar-refractivity contribution in [2.24, 2.45) is 0 Å². The summed E-state index contributed by atoms with van der Waals surface area (Å²) in [6.07, 6.45) is 0. The second-order valence-electron chi connectivity index (χ2n) is 6.85. The molecular formula is C19H19ClN4O7S. The average Bonchev–Trinajstić information content (AvgIpc) is 2.77. The Hall–Kier alpha value is -3.22. The van der Waals surface area contributed by atoms with Gasteiger partial charge in [0.05, 0.1) is 15.4 Å². The van der Waals surface area contributed by atoms with Crippen molar-refractivity contribution >= 4 is 44.9 Å². The number of rotatable bonds is 6. The van der Waals surface area contributed by atoms with Gasteiger partial charge in [0.1, 0.15) is 5.69 Å². The van der Waals surface area contributed by atoms with Crippen LogP contribution in [0.1, 0.15) is 10.4 Å². The van der Waals surface area contributed by atoms with Gasteiger partial charge in [-0.25, -0.2) is 13.2 Å². The number of hydrogen-bond donors (Lipinski definition) is 1. The van der Waals surface area contributed by atoms with Crippen molar-refractivity contribution in [3.05, 3.63) is 63.2 Å². The SMILES string of the molecule is Nc1ccc(C(=O)OCC(=O)N2CCN(S(=O)(=O)c3ccc(Cl)cc3)CC2)cc1[N+](=O)[O-]. The molecule has 1 saturated heterocycles. The van der Waals surface area contributed by atoms with E-state index in [1.165, 1.54) is 45.6 Å². The van der Waals surface area contributed by atoms with Crippen LogP contribution in [-0.2, 0) is 19.6 Å². The number of nitro benzene ring substituents is 1. The molecule has 0 bridgehead atoms. The number of nitrogen functional groups attached to an aromatic ring is 1. The fraction of sp³-hybridized carbons (Fsp3) is 0.263. The molecule has 1 aliphatic rings. The molecule has 1 heterocycles. The first-order valence-electron chi connectivity index (χ1n) is 9.34. The summed E-state index contributed by atoms with van der Waals surface area (Å²) in [5.41, 5.74) is 4.83. The van der Waals surface area contributed by atoms with Crippen molar-refractivity contribution in [3.63, 3.8) is 0 Å². The lowest BCUT2D eigenvalue weighted by atomic mass is 10.2. The summed E-state index contributed by atoms with van der Waals surface area (Å²) in [4.78, 5) is 36.2. The molecule has 0 spiro atoms. The van der Waals surface area contributed by atoms with E-state index in [2.05, 4.69) is 0 Å². The van der Waals surface area contributed by atoms with E-state index >= 15 is 0 Å². The highest BCUT2D eigenvalue weighted by Crippen LogP contribution is 2.23. The number of hydrogen-bond acceptors (Lipinski definition) is 8. The number of ether oxygens (including phenoxy) is 1. The second kappa shape index (κ2) is 9.51. The number of piperazine rings is 1. The number of esters is 1. The third-order valence-electron chi connectivity index (χ3n) is 4.83. The minimum atomic E-state index is -3.72. The maximum Gasteiger partial charge on any atom is 0.338 e. The molecule has 170 valence electrons. The largest absolute Gasteiger partial charge is 0.452 e. The Morgan fingerprint density at radius 3 is 2.31 bits per heavy atom. The molecule has 2 N–H and O–H groups in total. The molecule has 1 aliphatic heterocycles. The maximum absolute atomic E-state index is 12.7. The number of nitro groups is 1. The smallest absolute Gasteiger partial charge is 0.338 e.